The zero-order valence-electron chi connectivity index (χ0n) is 10.3. The largest absolute Gasteiger partial charge is 0.389 e. The summed E-state index contributed by atoms with van der Waals surface area (Å²) in [7, 11) is 0. The predicted molar refractivity (Wildman–Crippen MR) is 68.9 cm³/mol. The molecule has 2 fully saturated rings. The maximum absolute atomic E-state index is 9.98. The summed E-state index contributed by atoms with van der Waals surface area (Å²) in [6, 6.07) is 8.88. The Hall–Kier alpha value is -0.860. The van der Waals surface area contributed by atoms with Crippen LogP contribution in [0.1, 0.15) is 49.1 Å². The summed E-state index contributed by atoms with van der Waals surface area (Å²) < 4.78 is 0. The molecule has 0 bridgehead atoms. The van der Waals surface area contributed by atoms with Gasteiger partial charge in [-0.15, -0.1) is 0 Å². The Labute approximate surface area is 103 Å². The summed E-state index contributed by atoms with van der Waals surface area (Å²) in [6.07, 6.45) is 5.81. The number of hydrogen-bond donors (Lipinski definition) is 2. The Balaban J connectivity index is 1.52. The van der Waals surface area contributed by atoms with Crippen molar-refractivity contribution in [3.8, 4) is 0 Å². The van der Waals surface area contributed by atoms with Crippen LogP contribution in [0.25, 0.3) is 0 Å². The van der Waals surface area contributed by atoms with E-state index >= 15 is 0 Å². The van der Waals surface area contributed by atoms with Gasteiger partial charge in [0.25, 0.3) is 0 Å². The van der Waals surface area contributed by atoms with Crippen LogP contribution in [0.2, 0.25) is 0 Å². The summed E-state index contributed by atoms with van der Waals surface area (Å²) in [5.74, 6) is 0.825. The molecule has 2 heteroatoms. The van der Waals surface area contributed by atoms with E-state index in [9.17, 15) is 5.11 Å². The van der Waals surface area contributed by atoms with Crippen LogP contribution in [0.4, 0.5) is 0 Å². The molecular formula is C15H21NO. The van der Waals surface area contributed by atoms with Crippen molar-refractivity contribution < 1.29 is 5.11 Å². The van der Waals surface area contributed by atoms with Crippen LogP contribution >= 0.6 is 0 Å². The zero-order valence-corrected chi connectivity index (χ0v) is 10.3. The van der Waals surface area contributed by atoms with Gasteiger partial charge in [-0.2, -0.15) is 0 Å². The topological polar surface area (TPSA) is 32.3 Å². The summed E-state index contributed by atoms with van der Waals surface area (Å²) in [6.45, 7) is 1.61. The fourth-order valence-corrected chi connectivity index (χ4v) is 2.57. The second-order valence-electron chi connectivity index (χ2n) is 5.70. The van der Waals surface area contributed by atoms with Crippen LogP contribution in [-0.2, 0) is 6.54 Å². The summed E-state index contributed by atoms with van der Waals surface area (Å²) >= 11 is 0. The second kappa shape index (κ2) is 4.43. The minimum atomic E-state index is -0.409. The van der Waals surface area contributed by atoms with E-state index in [4.69, 9.17) is 0 Å². The molecule has 0 spiro atoms. The van der Waals surface area contributed by atoms with Gasteiger partial charge < -0.3 is 10.4 Å². The van der Waals surface area contributed by atoms with Crippen LogP contribution in [0.15, 0.2) is 24.3 Å². The smallest absolute Gasteiger partial charge is 0.0771 e. The fraction of sp³-hybridized carbons (Fsp3) is 0.600. The van der Waals surface area contributed by atoms with E-state index in [2.05, 4.69) is 29.6 Å². The Morgan fingerprint density at radius 1 is 1.29 bits per heavy atom. The van der Waals surface area contributed by atoms with Crippen LogP contribution in [0, 0.1) is 0 Å². The third-order valence-electron chi connectivity index (χ3n) is 4.07. The lowest BCUT2D eigenvalue weighted by molar-refractivity contribution is -0.0314. The average Bonchev–Trinajstić information content (AvgIpc) is 3.11. The van der Waals surface area contributed by atoms with Gasteiger partial charge in [0.15, 0.2) is 0 Å². The van der Waals surface area contributed by atoms with E-state index < -0.39 is 5.60 Å². The molecule has 0 aliphatic heterocycles. The first-order chi connectivity index (χ1) is 8.25. The van der Waals surface area contributed by atoms with Crippen molar-refractivity contribution >= 4 is 0 Å². The predicted octanol–water partition coefficient (Wildman–Crippen LogP) is 2.57. The van der Waals surface area contributed by atoms with Crippen molar-refractivity contribution in [3.63, 3.8) is 0 Å². The van der Waals surface area contributed by atoms with Crippen LogP contribution in [0.5, 0.6) is 0 Å². The quantitative estimate of drug-likeness (QED) is 0.816. The molecule has 0 amide bonds. The molecular weight excluding hydrogens is 210 g/mol. The molecule has 1 aromatic carbocycles. The monoisotopic (exact) mass is 231 g/mol. The summed E-state index contributed by atoms with van der Waals surface area (Å²) in [4.78, 5) is 0. The lowest BCUT2D eigenvalue weighted by Gasteiger charge is -2.36. The maximum Gasteiger partial charge on any atom is 0.0771 e. The normalized spacial score (nSPS) is 22.2. The minimum Gasteiger partial charge on any atom is -0.389 e. The van der Waals surface area contributed by atoms with Crippen LogP contribution in [0.3, 0.4) is 0 Å². The van der Waals surface area contributed by atoms with Gasteiger partial charge in [-0.1, -0.05) is 24.3 Å². The lowest BCUT2D eigenvalue weighted by atomic mass is 9.80. The van der Waals surface area contributed by atoms with Gasteiger partial charge in [0.1, 0.15) is 0 Å². The highest BCUT2D eigenvalue weighted by Gasteiger charge is 2.33. The molecule has 0 heterocycles. The Kier molecular flexibility index (Phi) is 2.93. The first-order valence-corrected chi connectivity index (χ1v) is 6.77. The Morgan fingerprint density at radius 3 is 2.76 bits per heavy atom. The number of benzene rings is 1. The van der Waals surface area contributed by atoms with E-state index in [-0.39, 0.29) is 0 Å². The average molecular weight is 231 g/mol. The molecule has 2 aliphatic rings. The highest BCUT2D eigenvalue weighted by atomic mass is 16.3. The summed E-state index contributed by atoms with van der Waals surface area (Å²) in [5, 5.41) is 13.4. The molecule has 2 saturated carbocycles. The zero-order chi connectivity index (χ0) is 11.7. The molecule has 0 radical (unpaired) electrons. The first kappa shape index (κ1) is 11.2. The van der Waals surface area contributed by atoms with E-state index in [0.717, 1.165) is 31.8 Å². The standard InChI is InChI=1S/C15H21NO/c17-15(7-2-8-15)11-16-10-12-3-1-4-14(9-12)13-5-6-13/h1,3-4,9,13,16-17H,2,5-8,10-11H2. The Bertz CT molecular complexity index is 394. The minimum absolute atomic E-state index is 0.409. The second-order valence-corrected chi connectivity index (χ2v) is 5.70. The Morgan fingerprint density at radius 2 is 2.12 bits per heavy atom. The molecule has 0 aromatic heterocycles. The molecule has 1 aromatic rings. The fourth-order valence-electron chi connectivity index (χ4n) is 2.57. The highest BCUT2D eigenvalue weighted by Crippen LogP contribution is 2.40. The van der Waals surface area contributed by atoms with Crippen molar-refractivity contribution in [1.29, 1.82) is 0 Å². The van der Waals surface area contributed by atoms with Crippen molar-refractivity contribution in [2.24, 2.45) is 0 Å². The van der Waals surface area contributed by atoms with Crippen molar-refractivity contribution in [2.45, 2.75) is 50.2 Å². The molecule has 0 saturated heterocycles. The number of rotatable bonds is 5. The summed E-state index contributed by atoms with van der Waals surface area (Å²) in [5.41, 5.74) is 2.43. The van der Waals surface area contributed by atoms with E-state index in [1.54, 1.807) is 0 Å². The van der Waals surface area contributed by atoms with Gasteiger partial charge in [-0.25, -0.2) is 0 Å². The lowest BCUT2D eigenvalue weighted by Crippen LogP contribution is -2.45. The van der Waals surface area contributed by atoms with Gasteiger partial charge in [0.2, 0.25) is 0 Å². The van der Waals surface area contributed by atoms with E-state index in [1.807, 2.05) is 0 Å². The van der Waals surface area contributed by atoms with E-state index in [0.29, 0.717) is 0 Å². The third kappa shape index (κ3) is 2.70. The molecule has 17 heavy (non-hydrogen) atoms. The molecule has 2 nitrogen and oxygen atoms in total. The molecule has 0 unspecified atom stereocenters. The molecule has 92 valence electrons. The number of hydrogen-bond acceptors (Lipinski definition) is 2. The van der Waals surface area contributed by atoms with Gasteiger partial charge in [0, 0.05) is 13.1 Å². The van der Waals surface area contributed by atoms with Gasteiger partial charge in [-0.05, 0) is 49.1 Å². The van der Waals surface area contributed by atoms with Crippen molar-refractivity contribution in [3.05, 3.63) is 35.4 Å². The molecule has 2 N–H and O–H groups in total. The first-order valence-electron chi connectivity index (χ1n) is 6.77. The van der Waals surface area contributed by atoms with Gasteiger partial charge >= 0.3 is 0 Å². The van der Waals surface area contributed by atoms with Crippen LogP contribution < -0.4 is 5.32 Å². The third-order valence-corrected chi connectivity index (χ3v) is 4.07. The SMILES string of the molecule is OC1(CNCc2cccc(C3CC3)c2)CCC1. The number of nitrogens with one attached hydrogen (secondary N) is 1. The molecule has 0 atom stereocenters. The highest BCUT2D eigenvalue weighted by molar-refractivity contribution is 5.29. The molecule has 3 rings (SSSR count). The van der Waals surface area contributed by atoms with Gasteiger partial charge in [0.05, 0.1) is 5.60 Å². The maximum atomic E-state index is 9.98. The molecule has 2 aliphatic carbocycles. The van der Waals surface area contributed by atoms with Gasteiger partial charge in [-0.3, -0.25) is 0 Å². The van der Waals surface area contributed by atoms with Crippen molar-refractivity contribution in [1.82, 2.24) is 5.32 Å². The van der Waals surface area contributed by atoms with Crippen LogP contribution in [-0.4, -0.2) is 17.3 Å². The number of aliphatic hydroxyl groups is 1. The van der Waals surface area contributed by atoms with E-state index in [1.165, 1.54) is 30.4 Å². The van der Waals surface area contributed by atoms with Crippen molar-refractivity contribution in [2.75, 3.05) is 6.54 Å².